The number of nitrogens with zero attached hydrogens (tertiary/aromatic N) is 2. The third-order valence-electron chi connectivity index (χ3n) is 3.78. The van der Waals surface area contributed by atoms with Crippen molar-refractivity contribution in [3.8, 4) is 0 Å². The summed E-state index contributed by atoms with van der Waals surface area (Å²) in [5, 5.41) is 5.26. The van der Waals surface area contributed by atoms with Gasteiger partial charge in [0.25, 0.3) is 0 Å². The Bertz CT molecular complexity index is 549. The van der Waals surface area contributed by atoms with Gasteiger partial charge in [-0.15, -0.1) is 0 Å². The zero-order chi connectivity index (χ0) is 14.8. The third kappa shape index (κ3) is 3.70. The van der Waals surface area contributed by atoms with Gasteiger partial charge in [-0.2, -0.15) is 0 Å². The number of nitrogens with two attached hydrogens (primary N) is 1. The molecule has 2 rings (SSSR count). The molecule has 6 heteroatoms. The van der Waals surface area contributed by atoms with Crippen molar-refractivity contribution < 1.29 is 8.42 Å². The Morgan fingerprint density at radius 2 is 2.05 bits per heavy atom. The average Bonchev–Trinajstić information content (AvgIpc) is 2.38. The van der Waals surface area contributed by atoms with Crippen LogP contribution in [0.2, 0.25) is 0 Å². The average molecular weight is 297 g/mol. The van der Waals surface area contributed by atoms with E-state index in [-0.39, 0.29) is 4.90 Å². The molecule has 0 spiro atoms. The molecule has 1 fully saturated rings. The molecule has 112 valence electrons. The molecule has 1 saturated heterocycles. The minimum atomic E-state index is -3.72. The van der Waals surface area contributed by atoms with Crippen LogP contribution in [-0.2, 0) is 10.0 Å². The number of anilines is 1. The Morgan fingerprint density at radius 3 is 2.60 bits per heavy atom. The molecule has 0 unspecified atom stereocenters. The van der Waals surface area contributed by atoms with E-state index in [0.29, 0.717) is 11.7 Å². The topological polar surface area (TPSA) is 76.3 Å². The van der Waals surface area contributed by atoms with Gasteiger partial charge < -0.3 is 4.90 Å². The number of hydrogen-bond acceptors (Lipinski definition) is 4. The van der Waals surface area contributed by atoms with Crippen LogP contribution in [0, 0.1) is 11.8 Å². The van der Waals surface area contributed by atoms with Crippen LogP contribution in [0.4, 0.5) is 5.82 Å². The first-order chi connectivity index (χ1) is 9.38. The summed E-state index contributed by atoms with van der Waals surface area (Å²) in [4.78, 5) is 6.39. The van der Waals surface area contributed by atoms with E-state index in [1.165, 1.54) is 12.5 Å². The first-order valence-corrected chi connectivity index (χ1v) is 8.65. The molecule has 0 atom stereocenters. The third-order valence-corrected chi connectivity index (χ3v) is 4.71. The monoisotopic (exact) mass is 297 g/mol. The van der Waals surface area contributed by atoms with Gasteiger partial charge in [0.1, 0.15) is 10.7 Å². The minimum absolute atomic E-state index is 0.127. The van der Waals surface area contributed by atoms with Crippen LogP contribution >= 0.6 is 0 Å². The van der Waals surface area contributed by atoms with Crippen molar-refractivity contribution in [2.24, 2.45) is 17.0 Å². The van der Waals surface area contributed by atoms with Gasteiger partial charge in [-0.25, -0.2) is 18.5 Å². The molecular weight excluding hydrogens is 274 g/mol. The number of sulfonamides is 1. The maximum atomic E-state index is 11.6. The highest BCUT2D eigenvalue weighted by Gasteiger charge is 2.25. The summed E-state index contributed by atoms with van der Waals surface area (Å²) >= 11 is 0. The fourth-order valence-corrected chi connectivity index (χ4v) is 3.59. The van der Waals surface area contributed by atoms with Crippen LogP contribution in [0.5, 0.6) is 0 Å². The molecule has 1 aromatic rings. The second-order valence-corrected chi connectivity index (χ2v) is 7.46. The number of hydrogen-bond donors (Lipinski definition) is 1. The van der Waals surface area contributed by atoms with Crippen molar-refractivity contribution in [2.45, 2.75) is 38.0 Å². The van der Waals surface area contributed by atoms with Gasteiger partial charge in [0.15, 0.2) is 0 Å². The molecule has 0 amide bonds. The van der Waals surface area contributed by atoms with E-state index in [2.05, 4.69) is 18.8 Å². The molecule has 1 aliphatic heterocycles. The van der Waals surface area contributed by atoms with E-state index in [0.717, 1.165) is 31.8 Å². The summed E-state index contributed by atoms with van der Waals surface area (Å²) in [6.07, 6.45) is 5.01. The fourth-order valence-electron chi connectivity index (χ4n) is 2.89. The Hall–Kier alpha value is -1.14. The van der Waals surface area contributed by atoms with Gasteiger partial charge in [-0.1, -0.05) is 13.8 Å². The largest absolute Gasteiger partial charge is 0.355 e. The van der Waals surface area contributed by atoms with Crippen molar-refractivity contribution in [2.75, 3.05) is 18.0 Å². The van der Waals surface area contributed by atoms with Crippen molar-refractivity contribution in [3.05, 3.63) is 18.3 Å². The smallest absolute Gasteiger partial charge is 0.241 e. The lowest BCUT2D eigenvalue weighted by Crippen LogP contribution is -2.36. The first-order valence-electron chi connectivity index (χ1n) is 7.10. The standard InChI is InChI=1S/C14H23N3O2S/c1-11(2)10-12-5-8-17(9-6-12)14-13(20(15,18)19)4-3-7-16-14/h3-4,7,11-12H,5-6,8-10H2,1-2H3,(H2,15,18,19). The maximum Gasteiger partial charge on any atom is 0.241 e. The lowest BCUT2D eigenvalue weighted by molar-refractivity contribution is 0.337. The summed E-state index contributed by atoms with van der Waals surface area (Å²) in [5.74, 6) is 1.94. The van der Waals surface area contributed by atoms with Gasteiger partial charge in [-0.3, -0.25) is 0 Å². The van der Waals surface area contributed by atoms with E-state index in [1.807, 2.05) is 4.90 Å². The van der Waals surface area contributed by atoms with E-state index in [4.69, 9.17) is 5.14 Å². The summed E-state index contributed by atoms with van der Waals surface area (Å²) in [6.45, 7) is 6.17. The van der Waals surface area contributed by atoms with Crippen LogP contribution in [0.3, 0.4) is 0 Å². The van der Waals surface area contributed by atoms with Crippen LogP contribution in [0.25, 0.3) is 0 Å². The summed E-state index contributed by atoms with van der Waals surface area (Å²) in [5.41, 5.74) is 0. The molecular formula is C14H23N3O2S. The molecule has 0 aliphatic carbocycles. The zero-order valence-electron chi connectivity index (χ0n) is 12.1. The summed E-state index contributed by atoms with van der Waals surface area (Å²) in [7, 11) is -3.72. The lowest BCUT2D eigenvalue weighted by atomic mass is 9.89. The van der Waals surface area contributed by atoms with Crippen LogP contribution in [-0.4, -0.2) is 26.5 Å². The Labute approximate surface area is 121 Å². The predicted molar refractivity (Wildman–Crippen MR) is 80.0 cm³/mol. The molecule has 2 N–H and O–H groups in total. The minimum Gasteiger partial charge on any atom is -0.355 e. The van der Waals surface area contributed by atoms with Crippen molar-refractivity contribution in [3.63, 3.8) is 0 Å². The van der Waals surface area contributed by atoms with Crippen LogP contribution in [0.15, 0.2) is 23.2 Å². The van der Waals surface area contributed by atoms with Crippen molar-refractivity contribution in [1.82, 2.24) is 4.98 Å². The van der Waals surface area contributed by atoms with Gasteiger partial charge in [-0.05, 0) is 43.2 Å². The summed E-state index contributed by atoms with van der Waals surface area (Å²) in [6, 6.07) is 3.13. The number of rotatable bonds is 4. The molecule has 5 nitrogen and oxygen atoms in total. The first kappa shape index (κ1) is 15.3. The van der Waals surface area contributed by atoms with E-state index < -0.39 is 10.0 Å². The number of aromatic nitrogens is 1. The van der Waals surface area contributed by atoms with Gasteiger partial charge in [0.05, 0.1) is 0 Å². The molecule has 1 aliphatic rings. The Balaban J connectivity index is 2.12. The zero-order valence-corrected chi connectivity index (χ0v) is 12.9. The number of primary sulfonamides is 1. The van der Waals surface area contributed by atoms with E-state index in [9.17, 15) is 8.42 Å². The van der Waals surface area contributed by atoms with Crippen LogP contribution < -0.4 is 10.0 Å². The lowest BCUT2D eigenvalue weighted by Gasteiger charge is -2.34. The van der Waals surface area contributed by atoms with Gasteiger partial charge >= 0.3 is 0 Å². The number of pyridine rings is 1. The highest BCUT2D eigenvalue weighted by Crippen LogP contribution is 2.29. The van der Waals surface area contributed by atoms with Gasteiger partial charge in [0, 0.05) is 19.3 Å². The normalized spacial score (nSPS) is 17.7. The number of piperidine rings is 1. The Kier molecular flexibility index (Phi) is 4.65. The maximum absolute atomic E-state index is 11.6. The van der Waals surface area contributed by atoms with Crippen molar-refractivity contribution in [1.29, 1.82) is 0 Å². The molecule has 1 aromatic heterocycles. The molecule has 0 saturated carbocycles. The van der Waals surface area contributed by atoms with Crippen LogP contribution in [0.1, 0.15) is 33.1 Å². The van der Waals surface area contributed by atoms with E-state index in [1.54, 1.807) is 12.3 Å². The summed E-state index contributed by atoms with van der Waals surface area (Å²) < 4.78 is 23.2. The van der Waals surface area contributed by atoms with E-state index >= 15 is 0 Å². The van der Waals surface area contributed by atoms with Gasteiger partial charge in [0.2, 0.25) is 10.0 Å². The Morgan fingerprint density at radius 1 is 1.40 bits per heavy atom. The van der Waals surface area contributed by atoms with Crippen molar-refractivity contribution >= 4 is 15.8 Å². The highest BCUT2D eigenvalue weighted by atomic mass is 32.2. The highest BCUT2D eigenvalue weighted by molar-refractivity contribution is 7.89. The molecule has 0 radical (unpaired) electrons. The molecule has 0 bridgehead atoms. The SMILES string of the molecule is CC(C)CC1CCN(c2ncccc2S(N)(=O)=O)CC1. The molecule has 0 aromatic carbocycles. The molecule has 20 heavy (non-hydrogen) atoms. The quantitative estimate of drug-likeness (QED) is 0.922. The second kappa shape index (κ2) is 6.10. The predicted octanol–water partition coefficient (Wildman–Crippen LogP) is 1.99. The molecule has 2 heterocycles. The fraction of sp³-hybridized carbons (Fsp3) is 0.643. The second-order valence-electron chi connectivity index (χ2n) is 5.93.